The van der Waals surface area contributed by atoms with Crippen LogP contribution in [0.1, 0.15) is 18.3 Å². The number of aryl methyl sites for hydroxylation is 1. The maximum absolute atomic E-state index is 4.31. The Bertz CT molecular complexity index is 240. The Morgan fingerprint density at radius 2 is 2.20 bits per heavy atom. The predicted octanol–water partition coefficient (Wildman–Crippen LogP) is 2.05. The van der Waals surface area contributed by atoms with E-state index >= 15 is 0 Å². The van der Waals surface area contributed by atoms with E-state index in [1.807, 2.05) is 11.6 Å². The largest absolute Gasteiger partial charge is 0.326 e. The van der Waals surface area contributed by atoms with Crippen molar-refractivity contribution in [1.29, 1.82) is 0 Å². The molecule has 0 saturated heterocycles. The first-order valence-electron chi connectivity index (χ1n) is 3.34. The maximum Gasteiger partial charge on any atom is 0.177 e. The van der Waals surface area contributed by atoms with Crippen molar-refractivity contribution in [3.63, 3.8) is 0 Å². The van der Waals surface area contributed by atoms with Crippen molar-refractivity contribution in [1.82, 2.24) is 9.55 Å². The Morgan fingerprint density at radius 3 is 2.40 bits per heavy atom. The summed E-state index contributed by atoms with van der Waals surface area (Å²) in [5.41, 5.74) is 2.42. The van der Waals surface area contributed by atoms with Crippen LogP contribution < -0.4 is 0 Å². The summed E-state index contributed by atoms with van der Waals surface area (Å²) >= 11 is 3.36. The molecule has 0 fully saturated rings. The van der Waals surface area contributed by atoms with Gasteiger partial charge in [0, 0.05) is 12.7 Å². The molecule has 0 spiro atoms. The zero-order valence-corrected chi connectivity index (χ0v) is 8.07. The van der Waals surface area contributed by atoms with Crippen molar-refractivity contribution < 1.29 is 0 Å². The van der Waals surface area contributed by atoms with Crippen LogP contribution in [0.15, 0.2) is 4.73 Å². The van der Waals surface area contributed by atoms with Crippen molar-refractivity contribution >= 4 is 15.9 Å². The van der Waals surface area contributed by atoms with Crippen LogP contribution >= 0.6 is 15.9 Å². The third-order valence-electron chi connectivity index (χ3n) is 1.76. The second kappa shape index (κ2) is 2.74. The molecule has 0 aliphatic heterocycles. The molecular formula is C7H11BrN2. The van der Waals surface area contributed by atoms with Crippen LogP contribution in [0.3, 0.4) is 0 Å². The van der Waals surface area contributed by atoms with Gasteiger partial charge >= 0.3 is 0 Å². The Hall–Kier alpha value is -0.310. The van der Waals surface area contributed by atoms with Crippen LogP contribution in [0.5, 0.6) is 0 Å². The molecule has 0 N–H and O–H groups in total. The minimum atomic E-state index is 0.918. The van der Waals surface area contributed by atoms with E-state index in [2.05, 4.69) is 34.8 Å². The van der Waals surface area contributed by atoms with E-state index in [0.717, 1.165) is 11.2 Å². The van der Waals surface area contributed by atoms with Gasteiger partial charge in [0.05, 0.1) is 5.69 Å². The molecule has 3 heteroatoms. The quantitative estimate of drug-likeness (QED) is 0.682. The van der Waals surface area contributed by atoms with E-state index in [9.17, 15) is 0 Å². The molecule has 1 aromatic rings. The second-order valence-corrected chi connectivity index (χ2v) is 3.03. The Kier molecular flexibility index (Phi) is 2.14. The molecule has 0 bridgehead atoms. The minimum Gasteiger partial charge on any atom is -0.326 e. The lowest BCUT2D eigenvalue weighted by Crippen LogP contribution is -1.91. The van der Waals surface area contributed by atoms with Gasteiger partial charge in [0.25, 0.3) is 0 Å². The molecule has 0 aliphatic rings. The highest BCUT2D eigenvalue weighted by molar-refractivity contribution is 9.10. The molecule has 2 nitrogen and oxygen atoms in total. The molecule has 1 heterocycles. The average Bonchev–Trinajstić information content (AvgIpc) is 2.17. The SMILES string of the molecule is CCc1nc(Br)n(C)c1C. The molecule has 0 radical (unpaired) electrons. The lowest BCUT2D eigenvalue weighted by Gasteiger charge is -1.95. The minimum absolute atomic E-state index is 0.918. The van der Waals surface area contributed by atoms with Crippen LogP contribution in [0.4, 0.5) is 0 Å². The topological polar surface area (TPSA) is 17.8 Å². The Labute approximate surface area is 69.4 Å². The van der Waals surface area contributed by atoms with Crippen molar-refractivity contribution in [2.45, 2.75) is 20.3 Å². The number of imidazole rings is 1. The second-order valence-electron chi connectivity index (χ2n) is 2.33. The van der Waals surface area contributed by atoms with Crippen LogP contribution in [0.25, 0.3) is 0 Å². The van der Waals surface area contributed by atoms with Gasteiger partial charge in [0.1, 0.15) is 0 Å². The summed E-state index contributed by atoms with van der Waals surface area (Å²) < 4.78 is 2.96. The summed E-state index contributed by atoms with van der Waals surface area (Å²) in [4.78, 5) is 4.31. The van der Waals surface area contributed by atoms with E-state index in [1.54, 1.807) is 0 Å². The van der Waals surface area contributed by atoms with Crippen molar-refractivity contribution in [2.24, 2.45) is 7.05 Å². The summed E-state index contributed by atoms with van der Waals surface area (Å²) in [5, 5.41) is 0. The van der Waals surface area contributed by atoms with Gasteiger partial charge in [-0.25, -0.2) is 4.98 Å². The molecule has 1 aromatic heterocycles. The molecule has 56 valence electrons. The number of aromatic nitrogens is 2. The van der Waals surface area contributed by atoms with E-state index < -0.39 is 0 Å². The van der Waals surface area contributed by atoms with Crippen LogP contribution in [0.2, 0.25) is 0 Å². The fourth-order valence-electron chi connectivity index (χ4n) is 0.934. The first kappa shape index (κ1) is 7.79. The van der Waals surface area contributed by atoms with Crippen LogP contribution in [0, 0.1) is 6.92 Å². The third-order valence-corrected chi connectivity index (χ3v) is 2.47. The normalized spacial score (nSPS) is 10.4. The summed E-state index contributed by atoms with van der Waals surface area (Å²) in [5.74, 6) is 0. The summed E-state index contributed by atoms with van der Waals surface area (Å²) in [6, 6.07) is 0. The smallest absolute Gasteiger partial charge is 0.177 e. The van der Waals surface area contributed by atoms with Crippen LogP contribution in [-0.4, -0.2) is 9.55 Å². The average molecular weight is 203 g/mol. The van der Waals surface area contributed by atoms with E-state index in [1.165, 1.54) is 11.4 Å². The monoisotopic (exact) mass is 202 g/mol. The lowest BCUT2D eigenvalue weighted by molar-refractivity contribution is 0.843. The van der Waals surface area contributed by atoms with Crippen molar-refractivity contribution in [3.8, 4) is 0 Å². The molecule has 10 heavy (non-hydrogen) atoms. The van der Waals surface area contributed by atoms with E-state index in [-0.39, 0.29) is 0 Å². The highest BCUT2D eigenvalue weighted by Gasteiger charge is 2.05. The van der Waals surface area contributed by atoms with E-state index in [0.29, 0.717) is 0 Å². The highest BCUT2D eigenvalue weighted by Crippen LogP contribution is 2.13. The molecular weight excluding hydrogens is 192 g/mol. The summed E-state index contributed by atoms with van der Waals surface area (Å²) in [6.45, 7) is 4.19. The molecule has 0 aromatic carbocycles. The molecule has 0 saturated carbocycles. The summed E-state index contributed by atoms with van der Waals surface area (Å²) in [7, 11) is 2.01. The fourth-order valence-corrected chi connectivity index (χ4v) is 1.41. The number of halogens is 1. The van der Waals surface area contributed by atoms with Gasteiger partial charge in [-0.3, -0.25) is 0 Å². The number of hydrogen-bond donors (Lipinski definition) is 0. The van der Waals surface area contributed by atoms with Gasteiger partial charge in [-0.05, 0) is 29.3 Å². The first-order chi connectivity index (χ1) is 4.66. The Morgan fingerprint density at radius 1 is 1.60 bits per heavy atom. The fraction of sp³-hybridized carbons (Fsp3) is 0.571. The third kappa shape index (κ3) is 1.10. The zero-order valence-electron chi connectivity index (χ0n) is 6.48. The maximum atomic E-state index is 4.31. The Balaban J connectivity index is 3.17. The summed E-state index contributed by atoms with van der Waals surface area (Å²) in [6.07, 6.45) is 1.01. The predicted molar refractivity (Wildman–Crippen MR) is 45.0 cm³/mol. The number of hydrogen-bond acceptors (Lipinski definition) is 1. The van der Waals surface area contributed by atoms with Gasteiger partial charge in [0.15, 0.2) is 4.73 Å². The van der Waals surface area contributed by atoms with Gasteiger partial charge in [-0.2, -0.15) is 0 Å². The standard InChI is InChI=1S/C7H11BrN2/c1-4-6-5(2)10(3)7(8)9-6/h4H2,1-3H3. The van der Waals surface area contributed by atoms with E-state index in [4.69, 9.17) is 0 Å². The van der Waals surface area contributed by atoms with Gasteiger partial charge in [0.2, 0.25) is 0 Å². The zero-order chi connectivity index (χ0) is 7.72. The van der Waals surface area contributed by atoms with Gasteiger partial charge in [-0.1, -0.05) is 6.92 Å². The lowest BCUT2D eigenvalue weighted by atomic mass is 10.3. The molecule has 0 unspecified atom stereocenters. The molecule has 0 atom stereocenters. The van der Waals surface area contributed by atoms with Gasteiger partial charge in [-0.15, -0.1) is 0 Å². The molecule has 1 rings (SSSR count). The van der Waals surface area contributed by atoms with Crippen LogP contribution in [-0.2, 0) is 13.5 Å². The van der Waals surface area contributed by atoms with Crippen molar-refractivity contribution in [3.05, 3.63) is 16.1 Å². The highest BCUT2D eigenvalue weighted by atomic mass is 79.9. The number of rotatable bonds is 1. The molecule has 0 aliphatic carbocycles. The molecule has 0 amide bonds. The number of nitrogens with zero attached hydrogens (tertiary/aromatic N) is 2. The first-order valence-corrected chi connectivity index (χ1v) is 4.13. The van der Waals surface area contributed by atoms with Crippen molar-refractivity contribution in [2.75, 3.05) is 0 Å². The van der Waals surface area contributed by atoms with Gasteiger partial charge < -0.3 is 4.57 Å².